The molecule has 61 heavy (non-hydrogen) atoms. The molecule has 2 aromatic carbocycles. The number of aromatic nitrogens is 4. The number of likely N-dealkylation sites (tertiary alicyclic amines) is 1. The van der Waals surface area contributed by atoms with E-state index in [0.29, 0.717) is 86.0 Å². The fourth-order valence-corrected chi connectivity index (χ4v) is 11.9. The third kappa shape index (κ3) is 7.14. The largest absolute Gasteiger partial charge is 0.393 e. The van der Waals surface area contributed by atoms with E-state index in [-0.39, 0.29) is 53.5 Å². The molecular formula is C43H51FN10O6S. The summed E-state index contributed by atoms with van der Waals surface area (Å²) >= 11 is 0. The first kappa shape index (κ1) is 40.1. The Morgan fingerprint density at radius 2 is 1.75 bits per heavy atom. The van der Waals surface area contributed by atoms with Crippen LogP contribution in [-0.2, 0) is 38.6 Å². The Kier molecular flexibility index (Phi) is 10.1. The number of piperidine rings is 2. The predicted molar refractivity (Wildman–Crippen MR) is 224 cm³/mol. The molecule has 2 atom stereocenters. The van der Waals surface area contributed by atoms with Crippen LogP contribution < -0.4 is 20.4 Å². The normalized spacial score (nSPS) is 24.1. The molecule has 3 saturated heterocycles. The number of amides is 4. The van der Waals surface area contributed by atoms with Crippen molar-refractivity contribution in [3.05, 3.63) is 65.1 Å². The number of aryl methyl sites for hydroxylation is 1. The van der Waals surface area contributed by atoms with Crippen LogP contribution >= 0.6 is 0 Å². The summed E-state index contributed by atoms with van der Waals surface area (Å²) in [5, 5.41) is 21.1. The maximum atomic E-state index is 16.2. The lowest BCUT2D eigenvalue weighted by atomic mass is 9.88. The van der Waals surface area contributed by atoms with Crippen LogP contribution in [0.3, 0.4) is 0 Å². The molecule has 2 aromatic heterocycles. The smallest absolute Gasteiger partial charge is 0.329 e. The second kappa shape index (κ2) is 15.4. The zero-order valence-electron chi connectivity index (χ0n) is 34.2. The number of nitrogens with zero attached hydrogens (tertiary/aromatic N) is 8. The summed E-state index contributed by atoms with van der Waals surface area (Å²) in [6.45, 7) is 2.86. The Balaban J connectivity index is 0.749. The number of aliphatic hydroxyl groups excluding tert-OH is 1. The van der Waals surface area contributed by atoms with Gasteiger partial charge in [0, 0.05) is 68.9 Å². The average Bonchev–Trinajstić information content (AvgIpc) is 3.93. The minimum absolute atomic E-state index is 0.0152. The molecule has 0 bridgehead atoms. The van der Waals surface area contributed by atoms with Crippen LogP contribution in [0.25, 0.3) is 10.9 Å². The topological polar surface area (TPSA) is 186 Å². The summed E-state index contributed by atoms with van der Waals surface area (Å²) in [4.78, 5) is 53.1. The van der Waals surface area contributed by atoms with Gasteiger partial charge < -0.3 is 10.4 Å². The highest BCUT2D eigenvalue weighted by Crippen LogP contribution is 2.57. The number of aliphatic hydroxyl groups is 1. The van der Waals surface area contributed by atoms with Gasteiger partial charge in [-0.3, -0.25) is 34.3 Å². The van der Waals surface area contributed by atoms with E-state index in [4.69, 9.17) is 4.98 Å². The molecule has 10 rings (SSSR count). The first-order chi connectivity index (χ1) is 29.4. The van der Waals surface area contributed by atoms with Crippen molar-refractivity contribution in [2.45, 2.75) is 112 Å². The van der Waals surface area contributed by atoms with E-state index in [9.17, 15) is 27.9 Å². The van der Waals surface area contributed by atoms with Crippen molar-refractivity contribution in [1.29, 1.82) is 0 Å². The van der Waals surface area contributed by atoms with E-state index in [1.54, 1.807) is 41.8 Å². The van der Waals surface area contributed by atoms with Crippen molar-refractivity contribution in [2.24, 2.45) is 7.05 Å². The van der Waals surface area contributed by atoms with Gasteiger partial charge in [0.2, 0.25) is 27.8 Å². The van der Waals surface area contributed by atoms with E-state index in [1.165, 1.54) is 9.58 Å². The maximum Gasteiger partial charge on any atom is 0.329 e. The summed E-state index contributed by atoms with van der Waals surface area (Å²) in [7, 11) is -2.09. The molecule has 4 aromatic rings. The number of carbonyl (C=O) groups is 3. The van der Waals surface area contributed by atoms with E-state index < -0.39 is 27.6 Å². The van der Waals surface area contributed by atoms with E-state index in [1.807, 2.05) is 17.0 Å². The Morgan fingerprint density at radius 1 is 0.967 bits per heavy atom. The van der Waals surface area contributed by atoms with Crippen LogP contribution in [0.1, 0.15) is 93.2 Å². The number of hydrogen-bond acceptors (Lipinski definition) is 11. The minimum Gasteiger partial charge on any atom is -0.393 e. The highest BCUT2D eigenvalue weighted by molar-refractivity contribution is 7.89. The van der Waals surface area contributed by atoms with Gasteiger partial charge in [0.25, 0.3) is 0 Å². The summed E-state index contributed by atoms with van der Waals surface area (Å²) in [5.74, 6) is 0.776. The molecule has 4 aliphatic heterocycles. The first-order valence-corrected chi connectivity index (χ1v) is 23.1. The molecule has 6 heterocycles. The van der Waals surface area contributed by atoms with Gasteiger partial charge in [-0.05, 0) is 113 Å². The predicted octanol–water partition coefficient (Wildman–Crippen LogP) is 4.28. The van der Waals surface area contributed by atoms with Crippen molar-refractivity contribution in [3.63, 3.8) is 0 Å². The lowest BCUT2D eigenvalue weighted by Gasteiger charge is -2.34. The van der Waals surface area contributed by atoms with E-state index >= 15 is 4.39 Å². The second-order valence-electron chi connectivity index (χ2n) is 17.8. The van der Waals surface area contributed by atoms with Gasteiger partial charge >= 0.3 is 6.03 Å². The van der Waals surface area contributed by atoms with E-state index in [0.717, 1.165) is 56.1 Å². The molecular weight excluding hydrogens is 804 g/mol. The lowest BCUT2D eigenvalue weighted by molar-refractivity contribution is -0.121. The fraction of sp³-hybridized carbons (Fsp3) is 0.535. The Bertz CT molecular complexity index is 2530. The number of fused-ring (bicyclic) bond motifs is 3. The van der Waals surface area contributed by atoms with Crippen molar-refractivity contribution in [3.8, 4) is 0 Å². The minimum atomic E-state index is -3.75. The number of hydrogen-bond donors (Lipinski definition) is 3. The summed E-state index contributed by atoms with van der Waals surface area (Å²) in [6, 6.07) is 10.1. The first-order valence-electron chi connectivity index (χ1n) is 21.6. The van der Waals surface area contributed by atoms with Crippen LogP contribution in [0.5, 0.6) is 0 Å². The molecule has 2 saturated carbocycles. The van der Waals surface area contributed by atoms with Crippen LogP contribution in [0.4, 0.5) is 26.8 Å². The molecule has 0 radical (unpaired) electrons. The highest BCUT2D eigenvalue weighted by Gasteiger charge is 2.61. The number of urea groups is 1. The van der Waals surface area contributed by atoms with Crippen LogP contribution in [-0.4, -0.2) is 111 Å². The van der Waals surface area contributed by atoms with Crippen LogP contribution in [0.15, 0.2) is 47.5 Å². The number of sulfonamides is 1. The zero-order chi connectivity index (χ0) is 42.2. The van der Waals surface area contributed by atoms with Crippen molar-refractivity contribution in [1.82, 2.24) is 34.3 Å². The number of carbonyl (C=O) groups excluding carboxylic acids is 3. The number of anilines is 3. The molecule has 5 fully saturated rings. The summed E-state index contributed by atoms with van der Waals surface area (Å²) in [5.41, 5.74) is 2.19. The molecule has 4 amide bonds. The summed E-state index contributed by atoms with van der Waals surface area (Å²) < 4.78 is 47.0. The molecule has 1 spiro atoms. The monoisotopic (exact) mass is 854 g/mol. The van der Waals surface area contributed by atoms with E-state index in [2.05, 4.69) is 25.6 Å². The fourth-order valence-electron chi connectivity index (χ4n) is 10.4. The Morgan fingerprint density at radius 3 is 2.49 bits per heavy atom. The molecule has 6 aliphatic rings. The van der Waals surface area contributed by atoms with Gasteiger partial charge in [0.15, 0.2) is 11.6 Å². The standard InChI is InChI=1S/C43H51FN10O6S/c1-50-37-33(38(49-50)53-21-14-35(56)47-42(53)58)9-8-32(36(37)44)27-10-17-51(18-11-27)25-26-4-2-7-31(22-26)61(59,60)52-19-12-28(13-20-52)46-41-45-24-34-39(48-41)54(40(57)43(34)15-16-43)29-5-3-6-30(55)23-29/h2,4,7-9,22,24,27-30,55H,3,5-6,10-21,23,25H2,1H3,(H,45,46,48)(H,47,56,58)/t29-,30-/m1/s1. The van der Waals surface area contributed by atoms with Crippen molar-refractivity contribution in [2.75, 3.05) is 47.8 Å². The number of imide groups is 1. The van der Waals surface area contributed by atoms with Crippen molar-refractivity contribution < 1.29 is 32.3 Å². The Hall–Kier alpha value is -5.04. The number of halogens is 1. The molecule has 322 valence electrons. The number of rotatable bonds is 9. The quantitative estimate of drug-likeness (QED) is 0.218. The maximum absolute atomic E-state index is 16.2. The highest BCUT2D eigenvalue weighted by atomic mass is 32.2. The van der Waals surface area contributed by atoms with Gasteiger partial charge in [-0.25, -0.2) is 22.6 Å². The Labute approximate surface area is 353 Å². The SMILES string of the molecule is Cn1nc(N2CCC(=O)NC2=O)c2ccc(C3CCN(Cc4cccc(S(=O)(=O)N5CCC(Nc6ncc7c(n6)N([C@@H]6CCC[C@@H](O)C6)C(=O)C76CC6)CC5)c4)CC3)c(F)c21. The third-order valence-electron chi connectivity index (χ3n) is 13.9. The third-order valence-corrected chi connectivity index (χ3v) is 15.8. The second-order valence-corrected chi connectivity index (χ2v) is 19.7. The van der Waals surface area contributed by atoms with Gasteiger partial charge in [-0.1, -0.05) is 18.2 Å². The van der Waals surface area contributed by atoms with Crippen LogP contribution in [0, 0.1) is 5.82 Å². The number of benzene rings is 2. The molecule has 0 unspecified atom stereocenters. The van der Waals surface area contributed by atoms with Gasteiger partial charge in [-0.15, -0.1) is 0 Å². The zero-order valence-corrected chi connectivity index (χ0v) is 35.0. The van der Waals surface area contributed by atoms with Crippen LogP contribution in [0.2, 0.25) is 0 Å². The molecule has 16 nitrogen and oxygen atoms in total. The van der Waals surface area contributed by atoms with Gasteiger partial charge in [-0.2, -0.15) is 14.4 Å². The van der Waals surface area contributed by atoms with Crippen molar-refractivity contribution >= 4 is 56.4 Å². The summed E-state index contributed by atoms with van der Waals surface area (Å²) in [6.07, 6.45) is 8.71. The molecule has 18 heteroatoms. The van der Waals surface area contributed by atoms with Gasteiger partial charge in [0.1, 0.15) is 11.3 Å². The molecule has 2 aliphatic carbocycles. The lowest BCUT2D eigenvalue weighted by Crippen LogP contribution is -2.49. The number of nitrogens with one attached hydrogen (secondary N) is 2. The van der Waals surface area contributed by atoms with Gasteiger partial charge in [0.05, 0.1) is 16.4 Å². The average molecular weight is 855 g/mol. The molecule has 3 N–H and O–H groups in total.